The molecule has 110 valence electrons. The molecule has 7 nitrogen and oxygen atoms in total. The number of nitrogens with one attached hydrogen (secondary N) is 3. The zero-order valence-corrected chi connectivity index (χ0v) is 11.7. The van der Waals surface area contributed by atoms with Crippen LogP contribution in [0.15, 0.2) is 35.1 Å². The second-order valence-electron chi connectivity index (χ2n) is 5.27. The van der Waals surface area contributed by atoms with E-state index in [9.17, 15) is 9.59 Å². The fourth-order valence-corrected chi connectivity index (χ4v) is 2.75. The molecule has 3 rings (SSSR count). The smallest absolute Gasteiger partial charge is 0.341 e. The summed E-state index contributed by atoms with van der Waals surface area (Å²) in [5, 5.41) is 8.73. The first-order chi connectivity index (χ1) is 10.1. The van der Waals surface area contributed by atoms with Gasteiger partial charge in [-0.2, -0.15) is 0 Å². The summed E-state index contributed by atoms with van der Waals surface area (Å²) in [5.41, 5.74) is 0.667. The lowest BCUT2D eigenvalue weighted by atomic mass is 10.2. The molecule has 3 N–H and O–H groups in total. The number of aromatic amines is 2. The largest absolute Gasteiger partial charge is 0.367 e. The van der Waals surface area contributed by atoms with Crippen molar-refractivity contribution >= 4 is 11.6 Å². The third kappa shape index (κ3) is 2.81. The predicted octanol–water partition coefficient (Wildman–Crippen LogP) is 0.495. The highest BCUT2D eigenvalue weighted by molar-refractivity contribution is 5.90. The van der Waals surface area contributed by atoms with Crippen molar-refractivity contribution in [3.05, 3.63) is 46.6 Å². The third-order valence-corrected chi connectivity index (χ3v) is 3.71. The highest BCUT2D eigenvalue weighted by Crippen LogP contribution is 2.25. The number of hydrogen-bond acceptors (Lipinski definition) is 4. The van der Waals surface area contributed by atoms with Crippen LogP contribution in [0.1, 0.15) is 24.0 Å². The van der Waals surface area contributed by atoms with Crippen LogP contribution in [0.3, 0.4) is 0 Å². The number of carbonyl (C=O) groups excluding carboxylic acids is 1. The molecule has 0 saturated carbocycles. The van der Waals surface area contributed by atoms with E-state index in [0.29, 0.717) is 6.04 Å². The van der Waals surface area contributed by atoms with Crippen molar-refractivity contribution in [1.29, 1.82) is 0 Å². The van der Waals surface area contributed by atoms with Gasteiger partial charge in [-0.15, -0.1) is 5.10 Å². The number of anilines is 1. The van der Waals surface area contributed by atoms with Gasteiger partial charge in [0, 0.05) is 24.3 Å². The summed E-state index contributed by atoms with van der Waals surface area (Å²) in [4.78, 5) is 27.6. The maximum Gasteiger partial charge on any atom is 0.341 e. The van der Waals surface area contributed by atoms with Crippen LogP contribution >= 0.6 is 0 Å². The van der Waals surface area contributed by atoms with Crippen molar-refractivity contribution in [2.75, 3.05) is 11.4 Å². The molecule has 1 aliphatic heterocycles. The molecule has 1 aliphatic rings. The number of benzene rings is 1. The van der Waals surface area contributed by atoms with Gasteiger partial charge in [0.2, 0.25) is 5.82 Å². The maximum absolute atomic E-state index is 12.0. The summed E-state index contributed by atoms with van der Waals surface area (Å²) in [6, 6.07) is 10.5. The molecular formula is C14H17N5O2. The van der Waals surface area contributed by atoms with Crippen molar-refractivity contribution in [2.45, 2.75) is 25.4 Å². The number of hydrogen-bond donors (Lipinski definition) is 3. The molecule has 1 saturated heterocycles. The summed E-state index contributed by atoms with van der Waals surface area (Å²) >= 11 is 0. The minimum Gasteiger partial charge on any atom is -0.367 e. The van der Waals surface area contributed by atoms with E-state index in [-0.39, 0.29) is 17.8 Å². The molecule has 0 radical (unpaired) electrons. The Balaban J connectivity index is 1.66. The molecule has 21 heavy (non-hydrogen) atoms. The molecule has 2 atom stereocenters. The Kier molecular flexibility index (Phi) is 3.47. The zero-order valence-electron chi connectivity index (χ0n) is 11.7. The van der Waals surface area contributed by atoms with Crippen LogP contribution in [-0.4, -0.2) is 39.7 Å². The fraction of sp³-hybridized carbons (Fsp3) is 0.357. The van der Waals surface area contributed by atoms with Gasteiger partial charge in [-0.25, -0.2) is 9.89 Å². The van der Waals surface area contributed by atoms with Crippen molar-refractivity contribution in [2.24, 2.45) is 0 Å². The van der Waals surface area contributed by atoms with E-state index in [1.54, 1.807) is 0 Å². The molecule has 1 aromatic carbocycles. The number of rotatable bonds is 3. The lowest BCUT2D eigenvalue weighted by Crippen LogP contribution is -2.37. The topological polar surface area (TPSA) is 93.9 Å². The van der Waals surface area contributed by atoms with Crippen LogP contribution in [0, 0.1) is 0 Å². The van der Waals surface area contributed by atoms with Crippen molar-refractivity contribution in [1.82, 2.24) is 20.5 Å². The Hall–Kier alpha value is -2.57. The van der Waals surface area contributed by atoms with Crippen LogP contribution in [0.25, 0.3) is 0 Å². The normalized spacial score (nSPS) is 21.5. The minimum absolute atomic E-state index is 0.0193. The molecule has 0 spiro atoms. The Labute approximate surface area is 121 Å². The lowest BCUT2D eigenvalue weighted by Gasteiger charge is -2.23. The fourth-order valence-electron chi connectivity index (χ4n) is 2.75. The quantitative estimate of drug-likeness (QED) is 0.766. The summed E-state index contributed by atoms with van der Waals surface area (Å²) < 4.78 is 0. The van der Waals surface area contributed by atoms with E-state index in [4.69, 9.17) is 0 Å². The highest BCUT2D eigenvalue weighted by atomic mass is 16.2. The van der Waals surface area contributed by atoms with E-state index in [1.807, 2.05) is 18.2 Å². The Morgan fingerprint density at radius 3 is 2.81 bits per heavy atom. The van der Waals surface area contributed by atoms with Crippen molar-refractivity contribution in [3.8, 4) is 0 Å². The summed E-state index contributed by atoms with van der Waals surface area (Å²) in [6.07, 6.45) is 0.856. The van der Waals surface area contributed by atoms with Gasteiger partial charge in [0.05, 0.1) is 0 Å². The highest BCUT2D eigenvalue weighted by Gasteiger charge is 2.30. The van der Waals surface area contributed by atoms with Crippen molar-refractivity contribution in [3.63, 3.8) is 0 Å². The first kappa shape index (κ1) is 13.4. The number of aromatic nitrogens is 3. The molecule has 0 aliphatic carbocycles. The minimum atomic E-state index is -0.481. The number of amides is 1. The molecule has 7 heteroatoms. The molecule has 1 fully saturated rings. The first-order valence-electron chi connectivity index (χ1n) is 6.90. The number of para-hydroxylation sites is 1. The van der Waals surface area contributed by atoms with Gasteiger partial charge in [0.15, 0.2) is 0 Å². The van der Waals surface area contributed by atoms with E-state index in [2.05, 4.69) is 44.5 Å². The van der Waals surface area contributed by atoms with Gasteiger partial charge in [0.1, 0.15) is 0 Å². The number of carbonyl (C=O) groups is 1. The summed E-state index contributed by atoms with van der Waals surface area (Å²) in [7, 11) is 0. The van der Waals surface area contributed by atoms with Gasteiger partial charge in [-0.1, -0.05) is 18.2 Å². The van der Waals surface area contributed by atoms with Crippen LogP contribution < -0.4 is 15.9 Å². The molecule has 2 heterocycles. The maximum atomic E-state index is 12.0. The van der Waals surface area contributed by atoms with Gasteiger partial charge in [-0.3, -0.25) is 9.78 Å². The first-order valence-corrected chi connectivity index (χ1v) is 6.90. The lowest BCUT2D eigenvalue weighted by molar-refractivity contribution is 0.0930. The van der Waals surface area contributed by atoms with Gasteiger partial charge in [0.25, 0.3) is 5.91 Å². The van der Waals surface area contributed by atoms with Crippen molar-refractivity contribution < 1.29 is 4.79 Å². The number of nitrogens with zero attached hydrogens (tertiary/aromatic N) is 2. The summed E-state index contributed by atoms with van der Waals surface area (Å²) in [5.74, 6) is -0.341. The molecule has 1 amide bonds. The average Bonchev–Trinajstić information content (AvgIpc) is 3.06. The number of H-pyrrole nitrogens is 2. The average molecular weight is 287 g/mol. The molecule has 2 aromatic rings. The monoisotopic (exact) mass is 287 g/mol. The standard InChI is InChI=1S/C14H17N5O2/c1-9-7-10(8-19(9)11-5-3-2-4-6-11)15-13(20)12-16-14(21)18-17-12/h2-6,9-10H,7-8H2,1H3,(H,15,20)(H2,16,17,18,21). The summed E-state index contributed by atoms with van der Waals surface area (Å²) in [6.45, 7) is 2.88. The van der Waals surface area contributed by atoms with Crippen LogP contribution in [-0.2, 0) is 0 Å². The van der Waals surface area contributed by atoms with Gasteiger partial charge < -0.3 is 10.2 Å². The molecule has 2 unspecified atom stereocenters. The Morgan fingerprint density at radius 1 is 1.38 bits per heavy atom. The van der Waals surface area contributed by atoms with E-state index in [1.165, 1.54) is 0 Å². The second-order valence-corrected chi connectivity index (χ2v) is 5.27. The van der Waals surface area contributed by atoms with E-state index < -0.39 is 5.69 Å². The van der Waals surface area contributed by atoms with E-state index in [0.717, 1.165) is 18.7 Å². The van der Waals surface area contributed by atoms with Gasteiger partial charge >= 0.3 is 5.69 Å². The zero-order chi connectivity index (χ0) is 14.8. The molecule has 0 bridgehead atoms. The third-order valence-electron chi connectivity index (χ3n) is 3.71. The Bertz CT molecular complexity index is 678. The van der Waals surface area contributed by atoms with Gasteiger partial charge in [-0.05, 0) is 25.5 Å². The predicted molar refractivity (Wildman–Crippen MR) is 78.3 cm³/mol. The Morgan fingerprint density at radius 2 is 2.14 bits per heavy atom. The van der Waals surface area contributed by atoms with Crippen LogP contribution in [0.5, 0.6) is 0 Å². The van der Waals surface area contributed by atoms with E-state index >= 15 is 0 Å². The van der Waals surface area contributed by atoms with Crippen LogP contribution in [0.2, 0.25) is 0 Å². The van der Waals surface area contributed by atoms with Crippen LogP contribution in [0.4, 0.5) is 5.69 Å². The molecular weight excluding hydrogens is 270 g/mol. The SMILES string of the molecule is CC1CC(NC(=O)c2n[nH]c(=O)[nH]2)CN1c1ccccc1. The second kappa shape index (κ2) is 5.43. The molecule has 1 aromatic heterocycles.